The summed E-state index contributed by atoms with van der Waals surface area (Å²) in [5, 5.41) is 0. The zero-order valence-electron chi connectivity index (χ0n) is 14.9. The molecule has 26 heavy (non-hydrogen) atoms. The van der Waals surface area contributed by atoms with Crippen molar-refractivity contribution in [2.45, 2.75) is 19.4 Å². The van der Waals surface area contributed by atoms with Gasteiger partial charge in [-0.1, -0.05) is 42.5 Å². The third-order valence-electron chi connectivity index (χ3n) is 5.01. The van der Waals surface area contributed by atoms with Gasteiger partial charge in [-0.2, -0.15) is 0 Å². The lowest BCUT2D eigenvalue weighted by molar-refractivity contribution is -0.133. The Morgan fingerprint density at radius 3 is 2.46 bits per heavy atom. The molecule has 5 heteroatoms. The first-order valence-corrected chi connectivity index (χ1v) is 9.25. The highest BCUT2D eigenvalue weighted by Crippen LogP contribution is 2.13. The minimum atomic E-state index is 0.261. The summed E-state index contributed by atoms with van der Waals surface area (Å²) in [7, 11) is 0. The van der Waals surface area contributed by atoms with E-state index in [-0.39, 0.29) is 5.91 Å². The van der Waals surface area contributed by atoms with Crippen LogP contribution in [0.5, 0.6) is 0 Å². The van der Waals surface area contributed by atoms with Crippen molar-refractivity contribution in [3.63, 3.8) is 0 Å². The summed E-state index contributed by atoms with van der Waals surface area (Å²) in [4.78, 5) is 24.8. The maximum absolute atomic E-state index is 12.4. The van der Waals surface area contributed by atoms with Crippen LogP contribution >= 0.6 is 0 Å². The number of aromatic nitrogens is 2. The molecule has 1 saturated heterocycles. The third-order valence-corrected chi connectivity index (χ3v) is 5.01. The summed E-state index contributed by atoms with van der Waals surface area (Å²) in [5.41, 5.74) is 3.32. The maximum Gasteiger partial charge on any atom is 0.222 e. The number of nitrogens with zero attached hydrogens (tertiary/aromatic N) is 3. The predicted molar refractivity (Wildman–Crippen MR) is 103 cm³/mol. The van der Waals surface area contributed by atoms with Crippen molar-refractivity contribution in [3.8, 4) is 0 Å². The number of benzene rings is 2. The second-order valence-electron chi connectivity index (χ2n) is 6.84. The van der Waals surface area contributed by atoms with Crippen LogP contribution < -0.4 is 0 Å². The third kappa shape index (κ3) is 3.94. The molecule has 2 aromatic carbocycles. The van der Waals surface area contributed by atoms with Crippen LogP contribution in [0.2, 0.25) is 0 Å². The largest absolute Gasteiger partial charge is 0.341 e. The number of hydrogen-bond donors (Lipinski definition) is 1. The van der Waals surface area contributed by atoms with Crippen molar-refractivity contribution in [3.05, 3.63) is 66.0 Å². The number of aromatic amines is 1. The van der Waals surface area contributed by atoms with E-state index in [2.05, 4.69) is 33.1 Å². The molecule has 2 heterocycles. The monoisotopic (exact) mass is 348 g/mol. The van der Waals surface area contributed by atoms with E-state index < -0.39 is 0 Å². The molecule has 134 valence electrons. The van der Waals surface area contributed by atoms with Crippen molar-refractivity contribution < 1.29 is 4.79 Å². The van der Waals surface area contributed by atoms with Gasteiger partial charge in [0.05, 0.1) is 17.6 Å². The van der Waals surface area contributed by atoms with Crippen LogP contribution in [0.3, 0.4) is 0 Å². The number of hydrogen-bond acceptors (Lipinski definition) is 3. The fourth-order valence-electron chi connectivity index (χ4n) is 3.50. The number of piperazine rings is 1. The molecule has 0 atom stereocenters. The smallest absolute Gasteiger partial charge is 0.222 e. The molecule has 1 aromatic heterocycles. The van der Waals surface area contributed by atoms with Gasteiger partial charge in [-0.05, 0) is 24.1 Å². The highest BCUT2D eigenvalue weighted by molar-refractivity contribution is 5.76. The first kappa shape index (κ1) is 16.8. The average Bonchev–Trinajstić information content (AvgIpc) is 3.10. The second-order valence-corrected chi connectivity index (χ2v) is 6.84. The Hall–Kier alpha value is -2.66. The zero-order chi connectivity index (χ0) is 17.8. The molecule has 1 fully saturated rings. The van der Waals surface area contributed by atoms with Crippen molar-refractivity contribution in [2.24, 2.45) is 0 Å². The van der Waals surface area contributed by atoms with E-state index in [1.165, 1.54) is 5.56 Å². The zero-order valence-corrected chi connectivity index (χ0v) is 14.9. The molecule has 1 aliphatic heterocycles. The van der Waals surface area contributed by atoms with E-state index in [1.54, 1.807) is 0 Å². The Kier molecular flexibility index (Phi) is 4.97. The van der Waals surface area contributed by atoms with E-state index in [4.69, 9.17) is 0 Å². The number of H-pyrrole nitrogens is 1. The van der Waals surface area contributed by atoms with Gasteiger partial charge >= 0.3 is 0 Å². The summed E-state index contributed by atoms with van der Waals surface area (Å²) in [5.74, 6) is 1.26. The number of para-hydroxylation sites is 2. The fraction of sp³-hybridized carbons (Fsp3) is 0.333. The highest BCUT2D eigenvalue weighted by atomic mass is 16.2. The van der Waals surface area contributed by atoms with Gasteiger partial charge in [-0.25, -0.2) is 4.98 Å². The van der Waals surface area contributed by atoms with E-state index in [0.29, 0.717) is 6.42 Å². The van der Waals surface area contributed by atoms with Gasteiger partial charge in [0.25, 0.3) is 0 Å². The summed E-state index contributed by atoms with van der Waals surface area (Å²) >= 11 is 0. The molecule has 0 bridgehead atoms. The molecule has 3 aromatic rings. The summed E-state index contributed by atoms with van der Waals surface area (Å²) in [6.45, 7) is 4.20. The lowest BCUT2D eigenvalue weighted by Crippen LogP contribution is -2.48. The van der Waals surface area contributed by atoms with Crippen LogP contribution in [0.15, 0.2) is 54.6 Å². The predicted octanol–water partition coefficient (Wildman–Crippen LogP) is 2.84. The normalized spacial score (nSPS) is 15.5. The molecule has 0 unspecified atom stereocenters. The highest BCUT2D eigenvalue weighted by Gasteiger charge is 2.21. The molecule has 0 aliphatic carbocycles. The first-order chi connectivity index (χ1) is 12.8. The van der Waals surface area contributed by atoms with Gasteiger partial charge in [-0.3, -0.25) is 9.69 Å². The van der Waals surface area contributed by atoms with E-state index in [1.807, 2.05) is 41.3 Å². The molecule has 0 spiro atoms. The number of nitrogens with one attached hydrogen (secondary N) is 1. The maximum atomic E-state index is 12.4. The van der Waals surface area contributed by atoms with Gasteiger partial charge in [0.1, 0.15) is 5.82 Å². The standard InChI is InChI=1S/C21H24N4O/c26-21(11-10-17-6-2-1-3-7-17)25-14-12-24(13-15-25)16-20-22-18-8-4-5-9-19(18)23-20/h1-9H,10-16H2,(H,22,23). The molecular formula is C21H24N4O. The number of amides is 1. The van der Waals surface area contributed by atoms with E-state index in [0.717, 1.165) is 56.0 Å². The molecule has 4 rings (SSSR count). The minimum Gasteiger partial charge on any atom is -0.341 e. The van der Waals surface area contributed by atoms with Gasteiger partial charge in [-0.15, -0.1) is 0 Å². The van der Waals surface area contributed by atoms with E-state index >= 15 is 0 Å². The van der Waals surface area contributed by atoms with Crippen LogP contribution in [0.1, 0.15) is 17.8 Å². The molecule has 0 radical (unpaired) electrons. The SMILES string of the molecule is O=C(CCc1ccccc1)N1CCN(Cc2nc3ccccc3[nH]2)CC1. The summed E-state index contributed by atoms with van der Waals surface area (Å²) in [6, 6.07) is 18.3. The fourth-order valence-corrected chi connectivity index (χ4v) is 3.50. The Labute approximate surface area is 153 Å². The second kappa shape index (κ2) is 7.70. The number of carbonyl (C=O) groups is 1. The molecule has 1 aliphatic rings. The van der Waals surface area contributed by atoms with Crippen LogP contribution in [0.4, 0.5) is 0 Å². The lowest BCUT2D eigenvalue weighted by atomic mass is 10.1. The Morgan fingerprint density at radius 2 is 1.69 bits per heavy atom. The van der Waals surface area contributed by atoms with Gasteiger partial charge in [0, 0.05) is 32.6 Å². The number of aryl methyl sites for hydroxylation is 1. The van der Waals surface area contributed by atoms with Crippen LogP contribution in [-0.2, 0) is 17.8 Å². The molecular weight excluding hydrogens is 324 g/mol. The van der Waals surface area contributed by atoms with E-state index in [9.17, 15) is 4.79 Å². The first-order valence-electron chi connectivity index (χ1n) is 9.25. The minimum absolute atomic E-state index is 0.261. The Bertz CT molecular complexity index is 833. The number of fused-ring (bicyclic) bond motifs is 1. The number of imidazole rings is 1. The number of rotatable bonds is 5. The van der Waals surface area contributed by atoms with Gasteiger partial charge in [0.15, 0.2) is 0 Å². The molecule has 1 amide bonds. The number of carbonyl (C=O) groups excluding carboxylic acids is 1. The van der Waals surface area contributed by atoms with Crippen molar-refractivity contribution in [1.29, 1.82) is 0 Å². The Morgan fingerprint density at radius 1 is 0.962 bits per heavy atom. The molecule has 0 saturated carbocycles. The van der Waals surface area contributed by atoms with Gasteiger partial charge in [0.2, 0.25) is 5.91 Å². The average molecular weight is 348 g/mol. The topological polar surface area (TPSA) is 52.2 Å². The molecule has 1 N–H and O–H groups in total. The lowest BCUT2D eigenvalue weighted by Gasteiger charge is -2.34. The van der Waals surface area contributed by atoms with Crippen LogP contribution in [-0.4, -0.2) is 51.9 Å². The van der Waals surface area contributed by atoms with Crippen LogP contribution in [0.25, 0.3) is 11.0 Å². The van der Waals surface area contributed by atoms with Crippen molar-refractivity contribution >= 4 is 16.9 Å². The molecule has 5 nitrogen and oxygen atoms in total. The van der Waals surface area contributed by atoms with Crippen molar-refractivity contribution in [2.75, 3.05) is 26.2 Å². The van der Waals surface area contributed by atoms with Gasteiger partial charge < -0.3 is 9.88 Å². The summed E-state index contributed by atoms with van der Waals surface area (Å²) in [6.07, 6.45) is 1.41. The quantitative estimate of drug-likeness (QED) is 0.771. The van der Waals surface area contributed by atoms with Crippen molar-refractivity contribution in [1.82, 2.24) is 19.8 Å². The summed E-state index contributed by atoms with van der Waals surface area (Å²) < 4.78 is 0. The van der Waals surface area contributed by atoms with Crippen LogP contribution in [0, 0.1) is 0 Å². The Balaban J connectivity index is 1.26.